The first-order valence-electron chi connectivity index (χ1n) is 8.20. The molecule has 6 N–H and O–H groups in total. The number of hydrogen-bond acceptors (Lipinski definition) is 13. The average molecular weight is 478 g/mol. The number of ketones is 1. The van der Waals surface area contributed by atoms with E-state index in [0.717, 1.165) is 34.9 Å². The van der Waals surface area contributed by atoms with Crippen LogP contribution in [0, 0.1) is 0 Å². The van der Waals surface area contributed by atoms with Crippen LogP contribution in [0.15, 0.2) is 21.8 Å². The number of Topliss-reactive ketones (excluding diaryl/α,β-unsaturated/α-hetero) is 1. The van der Waals surface area contributed by atoms with Gasteiger partial charge >= 0.3 is 29.6 Å². The zero-order valence-corrected chi connectivity index (χ0v) is 19.9. The van der Waals surface area contributed by atoms with Gasteiger partial charge in [-0.2, -0.15) is 0 Å². The van der Waals surface area contributed by atoms with E-state index in [2.05, 4.69) is 20.3 Å². The molecule has 16 heteroatoms. The van der Waals surface area contributed by atoms with E-state index in [-0.39, 0.29) is 51.7 Å². The van der Waals surface area contributed by atoms with Gasteiger partial charge in [0.1, 0.15) is 17.1 Å². The van der Waals surface area contributed by atoms with Crippen molar-refractivity contribution in [2.75, 3.05) is 11.5 Å². The molecule has 1 saturated heterocycles. The van der Waals surface area contributed by atoms with Gasteiger partial charge in [0.15, 0.2) is 22.7 Å². The summed E-state index contributed by atoms with van der Waals surface area (Å²) in [5.41, 5.74) is 4.51. The predicted molar refractivity (Wildman–Crippen MR) is 102 cm³/mol. The van der Waals surface area contributed by atoms with Crippen LogP contribution >= 0.6 is 23.1 Å². The Morgan fingerprint density at radius 3 is 2.65 bits per heavy atom. The van der Waals surface area contributed by atoms with E-state index in [9.17, 15) is 24.3 Å². The number of aliphatic carboxylic acids is 1. The molecule has 0 bridgehead atoms. The van der Waals surface area contributed by atoms with Crippen LogP contribution in [0.1, 0.15) is 12.6 Å². The molecule has 2 unspecified atom stereocenters. The van der Waals surface area contributed by atoms with Gasteiger partial charge in [-0.05, 0) is 6.92 Å². The van der Waals surface area contributed by atoms with Crippen molar-refractivity contribution in [3.8, 4) is 0 Å². The normalized spacial score (nSPS) is 21.5. The second-order valence-electron chi connectivity index (χ2n) is 6.17. The van der Waals surface area contributed by atoms with Gasteiger partial charge < -0.3 is 26.2 Å². The van der Waals surface area contributed by atoms with E-state index in [1.165, 1.54) is 5.38 Å². The number of carbonyl (C=O) groups excluding carboxylic acids is 4. The zero-order valence-electron chi connectivity index (χ0n) is 16.2. The number of thioether (sulfide) groups is 1. The number of aromatic nitrogens is 1. The van der Waals surface area contributed by atoms with Gasteiger partial charge in [-0.3, -0.25) is 24.1 Å². The number of β-lactam (4-membered cyclic amide) rings is 1. The summed E-state index contributed by atoms with van der Waals surface area (Å²) < 4.78 is 0. The third kappa shape index (κ3) is 4.62. The van der Waals surface area contributed by atoms with Crippen molar-refractivity contribution in [3.63, 3.8) is 0 Å². The quantitative estimate of drug-likeness (QED) is 0.0952. The number of thiazole rings is 1. The Balaban J connectivity index is 0.00000341. The Hall–Kier alpha value is -2.01. The first-order valence-corrected chi connectivity index (χ1v) is 10.1. The van der Waals surface area contributed by atoms with Gasteiger partial charge in [0.25, 0.3) is 11.8 Å². The van der Waals surface area contributed by atoms with Crippen LogP contribution in [0.25, 0.3) is 0 Å². The topological polar surface area (TPSA) is 213 Å². The Kier molecular flexibility index (Phi) is 8.21. The maximum atomic E-state index is 12.6. The average Bonchev–Trinajstić information content (AvgIpc) is 3.12. The number of hydrogen-bond donors (Lipinski definition) is 4. The van der Waals surface area contributed by atoms with Crippen molar-refractivity contribution >= 4 is 57.5 Å². The predicted octanol–water partition coefficient (Wildman–Crippen LogP) is -5.84. The number of carboxylic acids is 1. The standard InChI is InChI=1S/C15H16N6O7S2.Na/c1-4(22)10(28-17)5-2-29-13-8(12(24)21(13)9(5)14(25)26)19-11(23)7(20-27)6-3-30-15(16)18-6;/h3,8,10,13,27H,2,17H2,1H3,(H2,16,18)(H,19,23)(H,25,26);/q;+1/p-1/t8?,10?,13-;/m0./s1. The molecule has 0 spiro atoms. The largest absolute Gasteiger partial charge is 1.00 e. The van der Waals surface area contributed by atoms with Crippen molar-refractivity contribution < 1.29 is 63.9 Å². The van der Waals surface area contributed by atoms with E-state index in [0.29, 0.717) is 0 Å². The molecule has 31 heavy (non-hydrogen) atoms. The molecule has 0 radical (unpaired) electrons. The molecule has 2 amide bonds. The summed E-state index contributed by atoms with van der Waals surface area (Å²) in [7, 11) is 0. The summed E-state index contributed by atoms with van der Waals surface area (Å²) in [5.74, 6) is 1.21. The Labute approximate surface area is 205 Å². The fraction of sp³-hybridized carbons (Fsp3) is 0.333. The van der Waals surface area contributed by atoms with Crippen molar-refractivity contribution in [2.24, 2.45) is 11.1 Å². The van der Waals surface area contributed by atoms with Crippen LogP contribution in [0.5, 0.6) is 0 Å². The molecule has 13 nitrogen and oxygen atoms in total. The third-order valence-electron chi connectivity index (χ3n) is 4.38. The summed E-state index contributed by atoms with van der Waals surface area (Å²) in [5, 5.41) is 26.9. The summed E-state index contributed by atoms with van der Waals surface area (Å²) in [6, 6.07) is -1.11. The van der Waals surface area contributed by atoms with Crippen molar-refractivity contribution in [3.05, 3.63) is 22.3 Å². The summed E-state index contributed by atoms with van der Waals surface area (Å²) in [4.78, 5) is 57.8. The molecule has 1 aromatic heterocycles. The van der Waals surface area contributed by atoms with Crippen LogP contribution in [0.4, 0.5) is 5.13 Å². The summed E-state index contributed by atoms with van der Waals surface area (Å²) in [6.45, 7) is 1.16. The Bertz CT molecular complexity index is 996. The molecule has 1 fully saturated rings. The first kappa shape index (κ1) is 25.3. The van der Waals surface area contributed by atoms with E-state index in [1.807, 2.05) is 0 Å². The van der Waals surface area contributed by atoms with Gasteiger partial charge in [0.05, 0.1) is 11.7 Å². The van der Waals surface area contributed by atoms with Gasteiger partial charge in [0, 0.05) is 16.7 Å². The van der Waals surface area contributed by atoms with Crippen molar-refractivity contribution in [1.29, 1.82) is 0 Å². The molecule has 1 aromatic rings. The number of oxime groups is 1. The molecule has 3 atom stereocenters. The number of carboxylic acid groups (broad SMARTS) is 1. The monoisotopic (exact) mass is 478 g/mol. The van der Waals surface area contributed by atoms with Crippen LogP contribution in [0.3, 0.4) is 0 Å². The Morgan fingerprint density at radius 2 is 2.16 bits per heavy atom. The zero-order chi connectivity index (χ0) is 22.2. The van der Waals surface area contributed by atoms with Crippen LogP contribution in [-0.4, -0.2) is 67.6 Å². The number of amides is 2. The number of nitrogens with one attached hydrogen (secondary N) is 1. The van der Waals surface area contributed by atoms with Gasteiger partial charge in [-0.15, -0.1) is 23.1 Å². The molecule has 2 aliphatic heterocycles. The number of fused-ring (bicyclic) bond motifs is 1. The molecule has 0 aliphatic carbocycles. The second kappa shape index (κ2) is 10.1. The van der Waals surface area contributed by atoms with Gasteiger partial charge in [0.2, 0.25) is 0 Å². The van der Waals surface area contributed by atoms with Gasteiger partial charge in [-0.1, -0.05) is 5.16 Å². The maximum absolute atomic E-state index is 12.6. The first-order chi connectivity index (χ1) is 14.2. The van der Waals surface area contributed by atoms with Crippen molar-refractivity contribution in [1.82, 2.24) is 15.2 Å². The molecular weight excluding hydrogens is 463 g/mol. The number of nitrogens with zero attached hydrogens (tertiary/aromatic N) is 3. The summed E-state index contributed by atoms with van der Waals surface area (Å²) in [6.07, 6.45) is -1.35. The number of nitrogens with two attached hydrogens (primary N) is 2. The van der Waals surface area contributed by atoms with E-state index in [4.69, 9.17) is 16.8 Å². The van der Waals surface area contributed by atoms with Crippen LogP contribution in [0.2, 0.25) is 0 Å². The molecule has 3 rings (SSSR count). The molecule has 2 aliphatic rings. The fourth-order valence-corrected chi connectivity index (χ4v) is 5.00. The molecular formula is C15H15N6NaO7S2. The number of nitrogen functional groups attached to an aromatic ring is 1. The minimum atomic E-state index is -1.69. The van der Waals surface area contributed by atoms with Gasteiger partial charge in [-0.25, -0.2) is 10.9 Å². The number of anilines is 1. The number of carbonyl (C=O) groups is 4. The minimum absolute atomic E-state index is 0. The SMILES string of the molecule is CC(=O)C(ON)C1=C(C(=O)[O-])N2C(=O)C(NC(=O)C(=NO)c3csc(N)n3)[C@@H]2SC1.[Na+]. The number of rotatable bonds is 7. The fourth-order valence-electron chi connectivity index (χ4n) is 3.08. The minimum Gasteiger partial charge on any atom is -0.543 e. The third-order valence-corrected chi connectivity index (χ3v) is 6.36. The van der Waals surface area contributed by atoms with E-state index in [1.54, 1.807) is 0 Å². The van der Waals surface area contributed by atoms with Crippen LogP contribution in [-0.2, 0) is 24.0 Å². The molecule has 160 valence electrons. The smallest absolute Gasteiger partial charge is 0.543 e. The molecule has 0 saturated carbocycles. The van der Waals surface area contributed by atoms with E-state index < -0.39 is 52.5 Å². The Morgan fingerprint density at radius 1 is 1.48 bits per heavy atom. The second-order valence-corrected chi connectivity index (χ2v) is 8.16. The van der Waals surface area contributed by atoms with E-state index >= 15 is 0 Å². The van der Waals surface area contributed by atoms with Crippen LogP contribution < -0.4 is 51.6 Å². The maximum Gasteiger partial charge on any atom is 1.00 e. The molecule has 3 heterocycles. The van der Waals surface area contributed by atoms with Crippen molar-refractivity contribution in [2.45, 2.75) is 24.4 Å². The summed E-state index contributed by atoms with van der Waals surface area (Å²) >= 11 is 2.12. The molecule has 0 aromatic carbocycles.